The van der Waals surface area contributed by atoms with E-state index in [1.54, 1.807) is 19.1 Å². The van der Waals surface area contributed by atoms with Gasteiger partial charge < -0.3 is 14.8 Å². The van der Waals surface area contributed by atoms with Crippen LogP contribution < -0.4 is 14.8 Å². The first-order chi connectivity index (χ1) is 13.0. The minimum Gasteiger partial charge on any atom is -0.490 e. The van der Waals surface area contributed by atoms with Gasteiger partial charge in [-0.25, -0.2) is 4.79 Å². The van der Waals surface area contributed by atoms with E-state index in [0.717, 1.165) is 17.5 Å². The van der Waals surface area contributed by atoms with E-state index in [0.29, 0.717) is 30.3 Å². The number of hydrogen-bond donors (Lipinski definition) is 1. The van der Waals surface area contributed by atoms with Gasteiger partial charge in [-0.15, -0.1) is 0 Å². The van der Waals surface area contributed by atoms with Crippen molar-refractivity contribution in [3.8, 4) is 11.5 Å². The molecule has 1 unspecified atom stereocenters. The predicted octanol–water partition coefficient (Wildman–Crippen LogP) is 3.12. The van der Waals surface area contributed by atoms with E-state index < -0.39 is 11.6 Å². The summed E-state index contributed by atoms with van der Waals surface area (Å²) in [5.74, 6) is 0.988. The number of carbonyl (C=O) groups excluding carboxylic acids is 2. The molecule has 3 amide bonds. The van der Waals surface area contributed by atoms with Crippen LogP contribution in [0.5, 0.6) is 11.5 Å². The number of aryl methyl sites for hydroxylation is 1. The van der Waals surface area contributed by atoms with E-state index in [2.05, 4.69) is 5.32 Å². The molecule has 2 heterocycles. The average molecular weight is 366 g/mol. The molecule has 1 saturated heterocycles. The Morgan fingerprint density at radius 2 is 1.85 bits per heavy atom. The minimum absolute atomic E-state index is 0.243. The van der Waals surface area contributed by atoms with Gasteiger partial charge in [-0.1, -0.05) is 35.9 Å². The van der Waals surface area contributed by atoms with Gasteiger partial charge in [-0.2, -0.15) is 0 Å². The Balaban J connectivity index is 1.62. The predicted molar refractivity (Wildman–Crippen MR) is 99.7 cm³/mol. The number of ether oxygens (including phenoxy) is 2. The first-order valence-corrected chi connectivity index (χ1v) is 9.07. The molecule has 1 N–H and O–H groups in total. The van der Waals surface area contributed by atoms with Crippen LogP contribution in [0.1, 0.15) is 30.0 Å². The zero-order valence-electron chi connectivity index (χ0n) is 15.5. The maximum atomic E-state index is 13.1. The van der Waals surface area contributed by atoms with Crippen molar-refractivity contribution >= 4 is 11.9 Å². The third-order valence-corrected chi connectivity index (χ3v) is 5.02. The molecule has 140 valence electrons. The highest BCUT2D eigenvalue weighted by Crippen LogP contribution is 2.37. The third-order valence-electron chi connectivity index (χ3n) is 5.02. The topological polar surface area (TPSA) is 67.9 Å². The van der Waals surface area contributed by atoms with Crippen molar-refractivity contribution < 1.29 is 19.1 Å². The molecule has 0 aromatic heterocycles. The number of nitrogens with one attached hydrogen (secondary N) is 1. The second kappa shape index (κ2) is 6.61. The van der Waals surface area contributed by atoms with Crippen molar-refractivity contribution in [3.63, 3.8) is 0 Å². The van der Waals surface area contributed by atoms with Crippen LogP contribution in [0.25, 0.3) is 0 Å². The zero-order valence-corrected chi connectivity index (χ0v) is 15.5. The molecule has 1 atom stereocenters. The van der Waals surface area contributed by atoms with Gasteiger partial charge in [-0.3, -0.25) is 9.69 Å². The van der Waals surface area contributed by atoms with Gasteiger partial charge in [0.05, 0.1) is 19.8 Å². The number of hydrogen-bond acceptors (Lipinski definition) is 4. The van der Waals surface area contributed by atoms with E-state index in [1.807, 2.05) is 37.3 Å². The number of amides is 3. The van der Waals surface area contributed by atoms with Crippen LogP contribution in [-0.2, 0) is 16.9 Å². The molecule has 0 bridgehead atoms. The van der Waals surface area contributed by atoms with Crippen LogP contribution in [0.4, 0.5) is 4.79 Å². The number of carbonyl (C=O) groups is 2. The van der Waals surface area contributed by atoms with Gasteiger partial charge in [-0.05, 0) is 37.1 Å². The lowest BCUT2D eigenvalue weighted by atomic mass is 9.91. The second-order valence-electron chi connectivity index (χ2n) is 7.15. The summed E-state index contributed by atoms with van der Waals surface area (Å²) in [4.78, 5) is 26.9. The first-order valence-electron chi connectivity index (χ1n) is 9.07. The molecule has 1 fully saturated rings. The quantitative estimate of drug-likeness (QED) is 0.848. The molecule has 0 saturated carbocycles. The number of urea groups is 1. The number of benzene rings is 2. The number of imide groups is 1. The summed E-state index contributed by atoms with van der Waals surface area (Å²) >= 11 is 0. The van der Waals surface area contributed by atoms with E-state index in [-0.39, 0.29) is 12.5 Å². The van der Waals surface area contributed by atoms with Crippen molar-refractivity contribution in [1.29, 1.82) is 0 Å². The van der Waals surface area contributed by atoms with Crippen molar-refractivity contribution in [2.24, 2.45) is 0 Å². The van der Waals surface area contributed by atoms with Crippen LogP contribution in [0.2, 0.25) is 0 Å². The van der Waals surface area contributed by atoms with Crippen LogP contribution in [-0.4, -0.2) is 30.1 Å². The molecular formula is C21H22N2O4. The summed E-state index contributed by atoms with van der Waals surface area (Å²) in [5, 5.41) is 2.84. The maximum Gasteiger partial charge on any atom is 0.325 e. The molecule has 2 aromatic carbocycles. The molecule has 2 aromatic rings. The van der Waals surface area contributed by atoms with Gasteiger partial charge in [0.2, 0.25) is 0 Å². The summed E-state index contributed by atoms with van der Waals surface area (Å²) in [6.07, 6.45) is 0.807. The first kappa shape index (κ1) is 17.4. The molecule has 4 rings (SSSR count). The molecule has 2 aliphatic rings. The molecular weight excluding hydrogens is 344 g/mol. The van der Waals surface area contributed by atoms with E-state index in [9.17, 15) is 9.59 Å². The Labute approximate surface area is 158 Å². The van der Waals surface area contributed by atoms with Crippen molar-refractivity contribution in [2.75, 3.05) is 13.2 Å². The zero-order chi connectivity index (χ0) is 19.0. The summed E-state index contributed by atoms with van der Waals surface area (Å²) in [6.45, 7) is 5.11. The highest BCUT2D eigenvalue weighted by Gasteiger charge is 2.49. The lowest BCUT2D eigenvalue weighted by Crippen LogP contribution is -2.40. The Morgan fingerprint density at radius 3 is 2.63 bits per heavy atom. The molecule has 27 heavy (non-hydrogen) atoms. The number of rotatable bonds is 3. The standard InChI is InChI=1S/C21H22N2O4/c1-14-5-3-6-15(11-14)13-23-19(24)21(2,22-20(23)25)16-7-8-17-18(12-16)27-10-4-9-26-17/h3,5-8,11-12H,4,9-10,13H2,1-2H3,(H,22,25). The maximum absolute atomic E-state index is 13.1. The smallest absolute Gasteiger partial charge is 0.325 e. The molecule has 6 nitrogen and oxygen atoms in total. The fraction of sp³-hybridized carbons (Fsp3) is 0.333. The minimum atomic E-state index is -1.13. The molecule has 0 radical (unpaired) electrons. The number of nitrogens with zero attached hydrogens (tertiary/aromatic N) is 1. The molecule has 6 heteroatoms. The Hall–Kier alpha value is -3.02. The highest BCUT2D eigenvalue weighted by molar-refractivity contribution is 6.07. The van der Waals surface area contributed by atoms with Crippen molar-refractivity contribution in [1.82, 2.24) is 10.2 Å². The largest absolute Gasteiger partial charge is 0.490 e. The fourth-order valence-electron chi connectivity index (χ4n) is 3.50. The van der Waals surface area contributed by atoms with E-state index in [1.165, 1.54) is 4.90 Å². The second-order valence-corrected chi connectivity index (χ2v) is 7.15. The normalized spacial score (nSPS) is 21.8. The van der Waals surface area contributed by atoms with Gasteiger partial charge >= 0.3 is 6.03 Å². The van der Waals surface area contributed by atoms with Crippen LogP contribution in [0.3, 0.4) is 0 Å². The molecule has 0 aliphatic carbocycles. The summed E-state index contributed by atoms with van der Waals surface area (Å²) in [6, 6.07) is 12.8. The van der Waals surface area contributed by atoms with Gasteiger partial charge in [0.1, 0.15) is 5.54 Å². The van der Waals surface area contributed by atoms with Gasteiger partial charge in [0.25, 0.3) is 5.91 Å². The Bertz CT molecular complexity index is 911. The Kier molecular flexibility index (Phi) is 4.26. The van der Waals surface area contributed by atoms with Crippen molar-refractivity contribution in [3.05, 3.63) is 59.2 Å². The summed E-state index contributed by atoms with van der Waals surface area (Å²) in [5.41, 5.74) is 1.55. The SMILES string of the molecule is Cc1cccc(CN2C(=O)NC(C)(c3ccc4c(c3)OCCCO4)C2=O)c1. The number of fused-ring (bicyclic) bond motifs is 1. The lowest BCUT2D eigenvalue weighted by Gasteiger charge is -2.23. The third kappa shape index (κ3) is 3.12. The van der Waals surface area contributed by atoms with Gasteiger partial charge in [0.15, 0.2) is 11.5 Å². The van der Waals surface area contributed by atoms with Crippen LogP contribution >= 0.6 is 0 Å². The molecule has 2 aliphatic heterocycles. The lowest BCUT2D eigenvalue weighted by molar-refractivity contribution is -0.131. The summed E-state index contributed by atoms with van der Waals surface area (Å²) < 4.78 is 11.4. The Morgan fingerprint density at radius 1 is 1.07 bits per heavy atom. The van der Waals surface area contributed by atoms with E-state index in [4.69, 9.17) is 9.47 Å². The molecule has 0 spiro atoms. The highest BCUT2D eigenvalue weighted by atomic mass is 16.5. The fourth-order valence-corrected chi connectivity index (χ4v) is 3.50. The van der Waals surface area contributed by atoms with Crippen LogP contribution in [0, 0.1) is 6.92 Å². The monoisotopic (exact) mass is 366 g/mol. The average Bonchev–Trinajstić information content (AvgIpc) is 2.83. The summed E-state index contributed by atoms with van der Waals surface area (Å²) in [7, 11) is 0. The van der Waals surface area contributed by atoms with E-state index >= 15 is 0 Å². The van der Waals surface area contributed by atoms with Gasteiger partial charge in [0, 0.05) is 6.42 Å². The van der Waals surface area contributed by atoms with Crippen LogP contribution in [0.15, 0.2) is 42.5 Å². The van der Waals surface area contributed by atoms with Crippen molar-refractivity contribution in [2.45, 2.75) is 32.4 Å².